The van der Waals surface area contributed by atoms with Crippen molar-refractivity contribution in [2.24, 2.45) is 11.3 Å². The van der Waals surface area contributed by atoms with E-state index in [9.17, 15) is 27.9 Å². The molecule has 0 bridgehead atoms. The predicted octanol–water partition coefficient (Wildman–Crippen LogP) is 3.15. The van der Waals surface area contributed by atoms with Crippen molar-refractivity contribution in [1.29, 1.82) is 0 Å². The lowest BCUT2D eigenvalue weighted by Crippen LogP contribution is -2.45. The molecule has 1 unspecified atom stereocenters. The molecule has 1 aromatic carbocycles. The molecule has 2 saturated heterocycles. The molecule has 1 N–H and O–H groups in total. The highest BCUT2D eigenvalue weighted by Gasteiger charge is 2.55. The van der Waals surface area contributed by atoms with Crippen molar-refractivity contribution in [3.63, 3.8) is 0 Å². The smallest absolute Gasteiger partial charge is 0.416 e. The van der Waals surface area contributed by atoms with Gasteiger partial charge in [-0.3, -0.25) is 9.59 Å². The molecule has 1 amide bonds. The second-order valence-electron chi connectivity index (χ2n) is 7.29. The van der Waals surface area contributed by atoms with Crippen LogP contribution in [0.5, 0.6) is 0 Å². The van der Waals surface area contributed by atoms with Crippen molar-refractivity contribution in [3.05, 3.63) is 35.4 Å². The van der Waals surface area contributed by atoms with Gasteiger partial charge in [0.15, 0.2) is 0 Å². The molecule has 3 rings (SSSR count). The summed E-state index contributed by atoms with van der Waals surface area (Å²) in [5.74, 6) is -2.31. The van der Waals surface area contributed by atoms with E-state index >= 15 is 0 Å². The average molecular weight is 385 g/mol. The zero-order chi connectivity index (χ0) is 19.8. The number of hydrogen-bond donors (Lipinski definition) is 1. The van der Waals surface area contributed by atoms with Crippen molar-refractivity contribution in [2.45, 2.75) is 31.9 Å². The maximum Gasteiger partial charge on any atom is 0.416 e. The molecular weight excluding hydrogens is 363 g/mol. The molecule has 0 radical (unpaired) electrons. The van der Waals surface area contributed by atoms with E-state index in [1.165, 1.54) is 17.0 Å². The number of carboxylic acid groups (broad SMARTS) is 1. The van der Waals surface area contributed by atoms with E-state index in [2.05, 4.69) is 0 Å². The Morgan fingerprint density at radius 1 is 1.41 bits per heavy atom. The van der Waals surface area contributed by atoms with E-state index in [1.54, 1.807) is 6.92 Å². The number of likely N-dealkylation sites (tertiary alicyclic amines) is 1. The average Bonchev–Trinajstić information content (AvgIpc) is 3.03. The Morgan fingerprint density at radius 2 is 2.15 bits per heavy atom. The highest BCUT2D eigenvalue weighted by Crippen LogP contribution is 2.43. The molecule has 2 fully saturated rings. The summed E-state index contributed by atoms with van der Waals surface area (Å²) in [5, 5.41) is 9.72. The zero-order valence-corrected chi connectivity index (χ0v) is 15.0. The molecule has 2 aliphatic heterocycles. The van der Waals surface area contributed by atoms with Gasteiger partial charge in [-0.15, -0.1) is 0 Å². The van der Waals surface area contributed by atoms with E-state index in [4.69, 9.17) is 4.74 Å². The number of amides is 1. The molecule has 3 atom stereocenters. The van der Waals surface area contributed by atoms with Crippen LogP contribution in [0.15, 0.2) is 24.3 Å². The van der Waals surface area contributed by atoms with Crippen LogP contribution < -0.4 is 0 Å². The first-order valence-corrected chi connectivity index (χ1v) is 8.96. The second-order valence-corrected chi connectivity index (χ2v) is 7.29. The summed E-state index contributed by atoms with van der Waals surface area (Å²) >= 11 is 0. The lowest BCUT2D eigenvalue weighted by Gasteiger charge is -2.34. The zero-order valence-electron chi connectivity index (χ0n) is 15.0. The quantitative estimate of drug-likeness (QED) is 0.865. The van der Waals surface area contributed by atoms with E-state index < -0.39 is 29.0 Å². The lowest BCUT2D eigenvalue weighted by molar-refractivity contribution is -0.157. The van der Waals surface area contributed by atoms with Crippen molar-refractivity contribution in [2.75, 3.05) is 26.3 Å². The number of benzene rings is 1. The Morgan fingerprint density at radius 3 is 2.74 bits per heavy atom. The molecule has 148 valence electrons. The molecule has 5 nitrogen and oxygen atoms in total. The van der Waals surface area contributed by atoms with Gasteiger partial charge in [0.25, 0.3) is 0 Å². The minimum atomic E-state index is -4.48. The van der Waals surface area contributed by atoms with Crippen LogP contribution >= 0.6 is 0 Å². The Kier molecular flexibility index (Phi) is 5.20. The van der Waals surface area contributed by atoms with Gasteiger partial charge in [-0.2, -0.15) is 13.2 Å². The van der Waals surface area contributed by atoms with E-state index in [-0.39, 0.29) is 31.5 Å². The van der Waals surface area contributed by atoms with Crippen LogP contribution in [0.2, 0.25) is 0 Å². The van der Waals surface area contributed by atoms with Gasteiger partial charge < -0.3 is 14.7 Å². The number of carbonyl (C=O) groups is 2. The maximum absolute atomic E-state index is 13.1. The normalized spacial score (nSPS) is 26.5. The Hall–Kier alpha value is -2.09. The van der Waals surface area contributed by atoms with Crippen LogP contribution in [0.4, 0.5) is 13.2 Å². The van der Waals surface area contributed by atoms with E-state index in [1.807, 2.05) is 0 Å². The van der Waals surface area contributed by atoms with Crippen LogP contribution in [0.1, 0.15) is 36.8 Å². The molecule has 0 spiro atoms. The highest BCUT2D eigenvalue weighted by atomic mass is 19.4. The fourth-order valence-electron chi connectivity index (χ4n) is 4.17. The number of halogens is 3. The molecule has 0 aromatic heterocycles. The Balaban J connectivity index is 1.85. The summed E-state index contributed by atoms with van der Waals surface area (Å²) in [6.07, 6.45) is -3.82. The molecule has 2 aliphatic rings. The fraction of sp³-hybridized carbons (Fsp3) is 0.579. The SMILES string of the molecule is CCC(C(=O)N1C[C@H]2COCC[C@@]2(C(=O)O)C1)c1cccc(C(F)(F)F)c1. The van der Waals surface area contributed by atoms with Crippen LogP contribution in [0.3, 0.4) is 0 Å². The first kappa shape index (κ1) is 19.7. The summed E-state index contributed by atoms with van der Waals surface area (Å²) in [5.41, 5.74) is -1.52. The van der Waals surface area contributed by atoms with E-state index in [0.29, 0.717) is 25.0 Å². The number of rotatable bonds is 4. The topological polar surface area (TPSA) is 66.8 Å². The van der Waals surface area contributed by atoms with Crippen molar-refractivity contribution < 1.29 is 32.6 Å². The van der Waals surface area contributed by atoms with Gasteiger partial charge in [0.1, 0.15) is 0 Å². The summed E-state index contributed by atoms with van der Waals surface area (Å²) in [6, 6.07) is 4.79. The van der Waals surface area contributed by atoms with Gasteiger partial charge in [0.05, 0.1) is 23.5 Å². The maximum atomic E-state index is 13.1. The number of ether oxygens (including phenoxy) is 1. The highest BCUT2D eigenvalue weighted by molar-refractivity contribution is 5.86. The number of hydrogen-bond acceptors (Lipinski definition) is 3. The van der Waals surface area contributed by atoms with Crippen LogP contribution in [0.25, 0.3) is 0 Å². The minimum absolute atomic E-state index is 0.0741. The third-order valence-electron chi connectivity index (χ3n) is 5.77. The van der Waals surface area contributed by atoms with Crippen molar-refractivity contribution in [1.82, 2.24) is 4.90 Å². The summed E-state index contributed by atoms with van der Waals surface area (Å²) in [7, 11) is 0. The number of aliphatic carboxylic acids is 1. The van der Waals surface area contributed by atoms with Gasteiger partial charge in [-0.05, 0) is 24.5 Å². The summed E-state index contributed by atoms with van der Waals surface area (Å²) < 4.78 is 44.4. The van der Waals surface area contributed by atoms with Crippen molar-refractivity contribution in [3.8, 4) is 0 Å². The number of fused-ring (bicyclic) bond motifs is 1. The standard InChI is InChI=1S/C19H22F3NO4/c1-2-15(12-4-3-5-13(8-12)19(20,21)22)16(24)23-9-14-10-27-7-6-18(14,11-23)17(25)26/h3-5,8,14-15H,2,6-7,9-11H2,1H3,(H,25,26)/t14-,15?,18+/m0/s1. The van der Waals surface area contributed by atoms with Crippen LogP contribution in [-0.2, 0) is 20.5 Å². The summed E-state index contributed by atoms with van der Waals surface area (Å²) in [6.45, 7) is 2.67. The monoisotopic (exact) mass is 385 g/mol. The molecule has 0 saturated carbocycles. The van der Waals surface area contributed by atoms with Crippen LogP contribution in [0, 0.1) is 11.3 Å². The lowest BCUT2D eigenvalue weighted by atomic mass is 9.74. The fourth-order valence-corrected chi connectivity index (χ4v) is 4.17. The molecule has 27 heavy (non-hydrogen) atoms. The first-order chi connectivity index (χ1) is 12.7. The molecule has 1 aromatic rings. The Bertz CT molecular complexity index is 736. The minimum Gasteiger partial charge on any atom is -0.481 e. The molecule has 2 heterocycles. The largest absolute Gasteiger partial charge is 0.481 e. The third kappa shape index (κ3) is 3.54. The van der Waals surface area contributed by atoms with Gasteiger partial charge in [0.2, 0.25) is 5.91 Å². The first-order valence-electron chi connectivity index (χ1n) is 8.96. The van der Waals surface area contributed by atoms with Crippen LogP contribution in [-0.4, -0.2) is 48.2 Å². The van der Waals surface area contributed by atoms with Gasteiger partial charge in [-0.25, -0.2) is 0 Å². The molecule has 8 heteroatoms. The third-order valence-corrected chi connectivity index (χ3v) is 5.77. The Labute approximate surface area is 155 Å². The van der Waals surface area contributed by atoms with E-state index in [0.717, 1.165) is 12.1 Å². The molecule has 0 aliphatic carbocycles. The van der Waals surface area contributed by atoms with Crippen molar-refractivity contribution >= 4 is 11.9 Å². The summed E-state index contributed by atoms with van der Waals surface area (Å²) in [4.78, 5) is 26.4. The van der Waals surface area contributed by atoms with Gasteiger partial charge in [-0.1, -0.05) is 25.1 Å². The number of carboxylic acids is 1. The number of alkyl halides is 3. The second kappa shape index (κ2) is 7.14. The number of nitrogens with zero attached hydrogens (tertiary/aromatic N) is 1. The van der Waals surface area contributed by atoms with Gasteiger partial charge in [0, 0.05) is 25.6 Å². The predicted molar refractivity (Wildman–Crippen MR) is 90.1 cm³/mol. The molecular formula is C19H22F3NO4. The van der Waals surface area contributed by atoms with Gasteiger partial charge >= 0.3 is 12.1 Å². The number of carbonyl (C=O) groups excluding carboxylic acids is 1.